The lowest BCUT2D eigenvalue weighted by atomic mass is 10.1. The number of hydrogen-bond acceptors (Lipinski definition) is 5. The SMILES string of the molecule is COc1ccc(CCNC(=O)CN(c2ccc(F)cc2)S(C)(=O)=O)cc1OC. The molecular weight excluding hydrogens is 387 g/mol. The molecule has 0 fully saturated rings. The van der Waals surface area contributed by atoms with E-state index in [1.54, 1.807) is 20.3 Å². The second-order valence-electron chi connectivity index (χ2n) is 6.04. The third-order valence-electron chi connectivity index (χ3n) is 3.99. The quantitative estimate of drug-likeness (QED) is 0.683. The molecule has 1 amide bonds. The van der Waals surface area contributed by atoms with E-state index >= 15 is 0 Å². The van der Waals surface area contributed by atoms with Crippen LogP contribution in [0.5, 0.6) is 11.5 Å². The fraction of sp³-hybridized carbons (Fsp3) is 0.316. The van der Waals surface area contributed by atoms with Crippen molar-refractivity contribution in [3.05, 3.63) is 53.8 Å². The number of anilines is 1. The van der Waals surface area contributed by atoms with Gasteiger partial charge < -0.3 is 14.8 Å². The van der Waals surface area contributed by atoms with Gasteiger partial charge in [0.15, 0.2) is 11.5 Å². The Morgan fingerprint density at radius 1 is 1.07 bits per heavy atom. The number of rotatable bonds is 9. The summed E-state index contributed by atoms with van der Waals surface area (Å²) in [6, 6.07) is 10.3. The van der Waals surface area contributed by atoms with Gasteiger partial charge >= 0.3 is 0 Å². The summed E-state index contributed by atoms with van der Waals surface area (Å²) in [5.41, 5.74) is 1.15. The molecule has 9 heteroatoms. The number of benzene rings is 2. The molecule has 7 nitrogen and oxygen atoms in total. The summed E-state index contributed by atoms with van der Waals surface area (Å²) in [6.45, 7) is -0.0776. The van der Waals surface area contributed by atoms with Crippen molar-refractivity contribution >= 4 is 21.6 Å². The Balaban J connectivity index is 1.97. The van der Waals surface area contributed by atoms with Gasteiger partial charge in [-0.1, -0.05) is 6.07 Å². The minimum atomic E-state index is -3.70. The van der Waals surface area contributed by atoms with Crippen molar-refractivity contribution in [2.45, 2.75) is 6.42 Å². The smallest absolute Gasteiger partial charge is 0.240 e. The lowest BCUT2D eigenvalue weighted by molar-refractivity contribution is -0.119. The summed E-state index contributed by atoms with van der Waals surface area (Å²) in [7, 11) is -0.612. The molecule has 0 saturated carbocycles. The number of halogens is 1. The van der Waals surface area contributed by atoms with Crippen LogP contribution in [0, 0.1) is 5.82 Å². The molecule has 2 aromatic rings. The van der Waals surface area contributed by atoms with Crippen LogP contribution in [0.25, 0.3) is 0 Å². The van der Waals surface area contributed by atoms with Crippen LogP contribution >= 0.6 is 0 Å². The molecule has 0 aliphatic rings. The molecule has 0 unspecified atom stereocenters. The normalized spacial score (nSPS) is 11.0. The van der Waals surface area contributed by atoms with Crippen molar-refractivity contribution in [3.8, 4) is 11.5 Å². The van der Waals surface area contributed by atoms with Crippen molar-refractivity contribution in [2.24, 2.45) is 0 Å². The molecule has 2 rings (SSSR count). The highest BCUT2D eigenvalue weighted by Gasteiger charge is 2.20. The van der Waals surface area contributed by atoms with Crippen LogP contribution in [0.2, 0.25) is 0 Å². The topological polar surface area (TPSA) is 84.9 Å². The molecule has 0 heterocycles. The first-order valence-electron chi connectivity index (χ1n) is 8.45. The number of carbonyl (C=O) groups excluding carboxylic acids is 1. The highest BCUT2D eigenvalue weighted by Crippen LogP contribution is 2.27. The third kappa shape index (κ3) is 5.85. The van der Waals surface area contributed by atoms with E-state index in [4.69, 9.17) is 9.47 Å². The number of amides is 1. The van der Waals surface area contributed by atoms with Crippen molar-refractivity contribution in [3.63, 3.8) is 0 Å². The predicted molar refractivity (Wildman–Crippen MR) is 105 cm³/mol. The highest BCUT2D eigenvalue weighted by molar-refractivity contribution is 7.92. The van der Waals surface area contributed by atoms with Crippen LogP contribution in [0.3, 0.4) is 0 Å². The molecule has 2 aromatic carbocycles. The van der Waals surface area contributed by atoms with E-state index in [0.717, 1.165) is 28.3 Å². The van der Waals surface area contributed by atoms with Gasteiger partial charge in [-0.3, -0.25) is 9.10 Å². The molecule has 0 aliphatic carbocycles. The van der Waals surface area contributed by atoms with Gasteiger partial charge in [0.1, 0.15) is 12.4 Å². The second kappa shape index (κ2) is 9.41. The molecule has 152 valence electrons. The molecule has 0 radical (unpaired) electrons. The zero-order valence-electron chi connectivity index (χ0n) is 15.9. The van der Waals surface area contributed by atoms with Crippen molar-refractivity contribution in [1.29, 1.82) is 0 Å². The summed E-state index contributed by atoms with van der Waals surface area (Å²) in [5, 5.41) is 2.69. The summed E-state index contributed by atoms with van der Waals surface area (Å²) in [4.78, 5) is 12.2. The molecule has 0 bridgehead atoms. The molecule has 0 aromatic heterocycles. The zero-order chi connectivity index (χ0) is 20.7. The molecule has 0 saturated heterocycles. The van der Waals surface area contributed by atoms with E-state index in [1.165, 1.54) is 12.1 Å². The average Bonchev–Trinajstić information content (AvgIpc) is 2.66. The van der Waals surface area contributed by atoms with E-state index in [1.807, 2.05) is 12.1 Å². The van der Waals surface area contributed by atoms with Gasteiger partial charge in [-0.2, -0.15) is 0 Å². The van der Waals surface area contributed by atoms with E-state index < -0.39 is 28.3 Å². The lowest BCUT2D eigenvalue weighted by Crippen LogP contribution is -2.40. The maximum atomic E-state index is 13.1. The Morgan fingerprint density at radius 2 is 1.71 bits per heavy atom. The minimum Gasteiger partial charge on any atom is -0.493 e. The number of hydrogen-bond donors (Lipinski definition) is 1. The predicted octanol–water partition coefficient (Wildman–Crippen LogP) is 1.97. The van der Waals surface area contributed by atoms with Crippen LogP contribution < -0.4 is 19.1 Å². The van der Waals surface area contributed by atoms with Crippen molar-refractivity contribution in [1.82, 2.24) is 5.32 Å². The van der Waals surface area contributed by atoms with Gasteiger partial charge in [0.2, 0.25) is 15.9 Å². The van der Waals surface area contributed by atoms with Crippen molar-refractivity contribution < 1.29 is 27.1 Å². The Morgan fingerprint density at radius 3 is 2.29 bits per heavy atom. The molecule has 1 N–H and O–H groups in total. The van der Waals surface area contributed by atoms with Crippen LogP contribution in [0.4, 0.5) is 10.1 Å². The minimum absolute atomic E-state index is 0.221. The number of nitrogens with zero attached hydrogens (tertiary/aromatic N) is 1. The maximum absolute atomic E-state index is 13.1. The van der Waals surface area contributed by atoms with Gasteiger partial charge in [-0.05, 0) is 48.4 Å². The Labute approximate surface area is 164 Å². The summed E-state index contributed by atoms with van der Waals surface area (Å²) >= 11 is 0. The monoisotopic (exact) mass is 410 g/mol. The fourth-order valence-corrected chi connectivity index (χ4v) is 3.43. The van der Waals surface area contributed by atoms with E-state index in [-0.39, 0.29) is 5.69 Å². The van der Waals surface area contributed by atoms with Crippen LogP contribution in [-0.2, 0) is 21.2 Å². The van der Waals surface area contributed by atoms with Gasteiger partial charge in [0, 0.05) is 6.54 Å². The zero-order valence-corrected chi connectivity index (χ0v) is 16.8. The second-order valence-corrected chi connectivity index (χ2v) is 7.94. The van der Waals surface area contributed by atoms with Crippen LogP contribution in [-0.4, -0.2) is 47.9 Å². The van der Waals surface area contributed by atoms with Gasteiger partial charge in [0.05, 0.1) is 26.2 Å². The number of sulfonamides is 1. The van der Waals surface area contributed by atoms with E-state index in [9.17, 15) is 17.6 Å². The number of methoxy groups -OCH3 is 2. The summed E-state index contributed by atoms with van der Waals surface area (Å²) in [5.74, 6) is 0.246. The molecule has 0 spiro atoms. The number of ether oxygens (including phenoxy) is 2. The standard InChI is InChI=1S/C19H23FN2O5S/c1-26-17-9-4-14(12-18(17)27-2)10-11-21-19(23)13-22(28(3,24)25)16-7-5-15(20)6-8-16/h4-9,12H,10-11,13H2,1-3H3,(H,21,23). The average molecular weight is 410 g/mol. The Hall–Kier alpha value is -2.81. The molecule has 0 atom stereocenters. The third-order valence-corrected chi connectivity index (χ3v) is 5.13. The Kier molecular flexibility index (Phi) is 7.22. The van der Waals surface area contributed by atoms with Gasteiger partial charge in [-0.15, -0.1) is 0 Å². The lowest BCUT2D eigenvalue weighted by Gasteiger charge is -2.21. The molecule has 28 heavy (non-hydrogen) atoms. The van der Waals surface area contributed by atoms with Gasteiger partial charge in [-0.25, -0.2) is 12.8 Å². The van der Waals surface area contributed by atoms with Gasteiger partial charge in [0.25, 0.3) is 0 Å². The van der Waals surface area contributed by atoms with Crippen LogP contribution in [0.1, 0.15) is 5.56 Å². The largest absolute Gasteiger partial charge is 0.493 e. The van der Waals surface area contributed by atoms with E-state index in [0.29, 0.717) is 24.5 Å². The van der Waals surface area contributed by atoms with Crippen LogP contribution in [0.15, 0.2) is 42.5 Å². The first-order chi connectivity index (χ1) is 13.2. The highest BCUT2D eigenvalue weighted by atomic mass is 32.2. The fourth-order valence-electron chi connectivity index (χ4n) is 2.58. The first kappa shape index (κ1) is 21.5. The summed E-state index contributed by atoms with van der Waals surface area (Å²) < 4.78 is 48.4. The Bertz CT molecular complexity index is 916. The number of carbonyl (C=O) groups is 1. The molecule has 0 aliphatic heterocycles. The first-order valence-corrected chi connectivity index (χ1v) is 10.3. The molecular formula is C19H23FN2O5S. The maximum Gasteiger partial charge on any atom is 0.240 e. The van der Waals surface area contributed by atoms with E-state index in [2.05, 4.69) is 5.32 Å². The van der Waals surface area contributed by atoms with Crippen molar-refractivity contribution in [2.75, 3.05) is 37.9 Å². The summed E-state index contributed by atoms with van der Waals surface area (Å²) in [6.07, 6.45) is 1.52. The number of nitrogens with one attached hydrogen (secondary N) is 1.